The van der Waals surface area contributed by atoms with Crippen LogP contribution >= 0.6 is 11.8 Å². The van der Waals surface area contributed by atoms with Crippen LogP contribution in [0.5, 0.6) is 0 Å². The van der Waals surface area contributed by atoms with Crippen molar-refractivity contribution in [3.05, 3.63) is 12.2 Å². The van der Waals surface area contributed by atoms with Crippen LogP contribution in [0.2, 0.25) is 0 Å². The zero-order chi connectivity index (χ0) is 10.3. The molecule has 5 aliphatic rings. The van der Waals surface area contributed by atoms with E-state index >= 15 is 0 Å². The van der Waals surface area contributed by atoms with E-state index in [9.17, 15) is 0 Å². The zero-order valence-corrected chi connectivity index (χ0v) is 9.99. The van der Waals surface area contributed by atoms with Crippen LogP contribution in [0.3, 0.4) is 0 Å². The largest absolute Gasteiger partial charge is 0.381 e. The monoisotopic (exact) mass is 236 g/mol. The topological polar surface area (TPSA) is 18.5 Å². The normalized spacial score (nSPS) is 65.0. The number of rotatable bonds is 0. The Balaban J connectivity index is 1.58. The van der Waals surface area contributed by atoms with Gasteiger partial charge < -0.3 is 9.47 Å². The molecular formula is C13H16O2S. The van der Waals surface area contributed by atoms with Crippen LogP contribution in [-0.4, -0.2) is 35.9 Å². The van der Waals surface area contributed by atoms with Crippen LogP contribution in [0.15, 0.2) is 12.2 Å². The Morgan fingerprint density at radius 1 is 1.19 bits per heavy atom. The second kappa shape index (κ2) is 2.70. The molecule has 4 saturated heterocycles. The van der Waals surface area contributed by atoms with Crippen molar-refractivity contribution in [2.45, 2.75) is 35.5 Å². The third-order valence-corrected chi connectivity index (χ3v) is 7.02. The first-order valence-corrected chi connectivity index (χ1v) is 7.39. The fraction of sp³-hybridized carbons (Fsp3) is 0.846. The third kappa shape index (κ3) is 0.844. The average molecular weight is 236 g/mol. The second-order valence-corrected chi connectivity index (χ2v) is 7.43. The molecule has 0 aromatic carbocycles. The molecule has 0 radical (unpaired) electrons. The molecule has 4 fully saturated rings. The van der Waals surface area contributed by atoms with E-state index in [0.29, 0.717) is 17.6 Å². The van der Waals surface area contributed by atoms with E-state index in [1.807, 2.05) is 0 Å². The first-order chi connectivity index (χ1) is 7.87. The van der Waals surface area contributed by atoms with Gasteiger partial charge in [0.15, 0.2) is 0 Å². The quantitative estimate of drug-likeness (QED) is 0.598. The minimum Gasteiger partial charge on any atom is -0.381 e. The highest BCUT2D eigenvalue weighted by Gasteiger charge is 2.68. The maximum Gasteiger partial charge on any atom is 0.0704 e. The van der Waals surface area contributed by atoms with Gasteiger partial charge in [-0.05, 0) is 12.8 Å². The van der Waals surface area contributed by atoms with Crippen molar-refractivity contribution in [3.8, 4) is 0 Å². The van der Waals surface area contributed by atoms with E-state index in [0.717, 1.165) is 35.5 Å². The van der Waals surface area contributed by atoms with Crippen LogP contribution < -0.4 is 0 Å². The molecule has 1 spiro atoms. The lowest BCUT2D eigenvalue weighted by atomic mass is 9.62. The smallest absolute Gasteiger partial charge is 0.0704 e. The molecule has 2 nitrogen and oxygen atoms in total. The zero-order valence-electron chi connectivity index (χ0n) is 9.17. The van der Waals surface area contributed by atoms with Gasteiger partial charge in [-0.15, -0.1) is 11.8 Å². The third-order valence-electron chi connectivity index (χ3n) is 5.45. The minimum absolute atomic E-state index is 0.407. The Labute approximate surface area is 99.7 Å². The number of fused-ring (bicyclic) bond motifs is 10. The summed E-state index contributed by atoms with van der Waals surface area (Å²) in [5, 5.41) is 1.52. The van der Waals surface area contributed by atoms with Gasteiger partial charge in [-0.3, -0.25) is 0 Å². The van der Waals surface area contributed by atoms with Gasteiger partial charge in [-0.2, -0.15) is 0 Å². The predicted molar refractivity (Wildman–Crippen MR) is 62.4 cm³/mol. The summed E-state index contributed by atoms with van der Waals surface area (Å²) >= 11 is 2.18. The highest BCUT2D eigenvalue weighted by Crippen LogP contribution is 2.66. The standard InChI is InChI=1S/C13H16O2S/c1-2-9-11-10(8(1)16-9)7-5-13(12(11)15-7)3-4-14-6-13/h1-2,7-12H,3-6H2. The summed E-state index contributed by atoms with van der Waals surface area (Å²) in [6, 6.07) is 0. The van der Waals surface area contributed by atoms with Gasteiger partial charge in [0.2, 0.25) is 0 Å². The van der Waals surface area contributed by atoms with Crippen molar-refractivity contribution < 1.29 is 9.47 Å². The first-order valence-electron chi connectivity index (χ1n) is 6.44. The molecule has 86 valence electrons. The van der Waals surface area contributed by atoms with Gasteiger partial charge >= 0.3 is 0 Å². The van der Waals surface area contributed by atoms with Crippen molar-refractivity contribution in [2.24, 2.45) is 17.3 Å². The summed E-state index contributed by atoms with van der Waals surface area (Å²) in [4.78, 5) is 0. The molecule has 7 unspecified atom stereocenters. The van der Waals surface area contributed by atoms with Crippen molar-refractivity contribution in [1.29, 1.82) is 0 Å². The number of hydrogen-bond donors (Lipinski definition) is 0. The molecule has 7 atom stereocenters. The van der Waals surface area contributed by atoms with E-state index in [2.05, 4.69) is 23.9 Å². The van der Waals surface area contributed by atoms with Gasteiger partial charge in [-0.25, -0.2) is 0 Å². The molecule has 5 aliphatic heterocycles. The van der Waals surface area contributed by atoms with Crippen LogP contribution in [0, 0.1) is 17.3 Å². The Bertz CT molecular complexity index is 374. The fourth-order valence-electron chi connectivity index (χ4n) is 4.83. The van der Waals surface area contributed by atoms with Crippen molar-refractivity contribution in [1.82, 2.24) is 0 Å². The molecule has 0 aromatic rings. The molecule has 0 aliphatic carbocycles. The summed E-state index contributed by atoms with van der Waals surface area (Å²) < 4.78 is 12.0. The molecule has 3 heteroatoms. The van der Waals surface area contributed by atoms with Gasteiger partial charge in [0.05, 0.1) is 18.8 Å². The molecule has 5 rings (SSSR count). The second-order valence-electron chi connectivity index (χ2n) is 6.07. The molecule has 0 amide bonds. The van der Waals surface area contributed by atoms with Crippen molar-refractivity contribution >= 4 is 11.8 Å². The average Bonchev–Trinajstić information content (AvgIpc) is 3.01. The van der Waals surface area contributed by atoms with Crippen LogP contribution in [0.25, 0.3) is 0 Å². The summed E-state index contributed by atoms with van der Waals surface area (Å²) in [7, 11) is 0. The molecule has 5 heterocycles. The highest BCUT2D eigenvalue weighted by molar-refractivity contribution is 8.01. The number of thioether (sulfide) groups is 1. The Morgan fingerprint density at radius 3 is 2.88 bits per heavy atom. The highest BCUT2D eigenvalue weighted by atomic mass is 32.2. The Morgan fingerprint density at radius 2 is 2.06 bits per heavy atom. The van der Waals surface area contributed by atoms with E-state index in [4.69, 9.17) is 9.47 Å². The first kappa shape index (κ1) is 9.01. The van der Waals surface area contributed by atoms with Crippen molar-refractivity contribution in [3.63, 3.8) is 0 Å². The number of hydrogen-bond acceptors (Lipinski definition) is 3. The lowest BCUT2D eigenvalue weighted by Crippen LogP contribution is -2.45. The maximum absolute atomic E-state index is 6.32. The lowest BCUT2D eigenvalue weighted by Gasteiger charge is -2.38. The van der Waals surface area contributed by atoms with Crippen LogP contribution in [-0.2, 0) is 9.47 Å². The lowest BCUT2D eigenvalue weighted by molar-refractivity contribution is 0.0308. The fourth-order valence-corrected chi connectivity index (χ4v) is 6.60. The van der Waals surface area contributed by atoms with E-state index in [1.54, 1.807) is 0 Å². The van der Waals surface area contributed by atoms with E-state index in [1.165, 1.54) is 12.8 Å². The summed E-state index contributed by atoms with van der Waals surface area (Å²) in [5.41, 5.74) is 0.407. The van der Waals surface area contributed by atoms with Crippen LogP contribution in [0.1, 0.15) is 12.8 Å². The SMILES string of the molecule is C1=CC2SC1C1C3CC4(CCOC4)C(O3)C21. The summed E-state index contributed by atoms with van der Waals surface area (Å²) in [6.45, 7) is 1.92. The van der Waals surface area contributed by atoms with E-state index < -0.39 is 0 Å². The van der Waals surface area contributed by atoms with E-state index in [-0.39, 0.29) is 0 Å². The Hall–Kier alpha value is 0.01000. The number of ether oxygens (including phenoxy) is 2. The Kier molecular flexibility index (Phi) is 1.52. The van der Waals surface area contributed by atoms with Crippen molar-refractivity contribution in [2.75, 3.05) is 13.2 Å². The molecule has 0 saturated carbocycles. The summed E-state index contributed by atoms with van der Waals surface area (Å²) in [5.74, 6) is 1.64. The molecule has 0 aromatic heterocycles. The summed E-state index contributed by atoms with van der Waals surface area (Å²) in [6.07, 6.45) is 8.43. The molecule has 4 bridgehead atoms. The van der Waals surface area contributed by atoms with Gasteiger partial charge in [0.1, 0.15) is 0 Å². The minimum atomic E-state index is 0.407. The van der Waals surface area contributed by atoms with Gasteiger partial charge in [0.25, 0.3) is 0 Å². The molecule has 16 heavy (non-hydrogen) atoms. The van der Waals surface area contributed by atoms with Gasteiger partial charge in [-0.1, -0.05) is 12.2 Å². The molecule has 0 N–H and O–H groups in total. The maximum atomic E-state index is 6.32. The molecular weight excluding hydrogens is 220 g/mol. The van der Waals surface area contributed by atoms with Crippen LogP contribution in [0.4, 0.5) is 0 Å². The van der Waals surface area contributed by atoms with Gasteiger partial charge in [0, 0.05) is 34.4 Å². The predicted octanol–water partition coefficient (Wildman–Crippen LogP) is 1.85.